The van der Waals surface area contributed by atoms with Crippen LogP contribution in [0, 0.1) is 0 Å². The van der Waals surface area contributed by atoms with Gasteiger partial charge in [-0.15, -0.1) is 0 Å². The van der Waals surface area contributed by atoms with Crippen molar-refractivity contribution in [3.8, 4) is 0 Å². The number of aliphatic hydroxyl groups is 2. The van der Waals surface area contributed by atoms with Crippen molar-refractivity contribution in [2.75, 3.05) is 19.7 Å². The van der Waals surface area contributed by atoms with Crippen LogP contribution in [-0.2, 0) is 0 Å². The van der Waals surface area contributed by atoms with Gasteiger partial charge in [0.15, 0.2) is 0 Å². The molecule has 1 saturated heterocycles. The molecule has 6 nitrogen and oxygen atoms in total. The summed E-state index contributed by atoms with van der Waals surface area (Å²) in [5.41, 5.74) is -1.45. The number of aromatic nitrogens is 1. The van der Waals surface area contributed by atoms with Gasteiger partial charge in [-0.25, -0.2) is 0 Å². The predicted molar refractivity (Wildman–Crippen MR) is 69.2 cm³/mol. The molecule has 2 rings (SSSR count). The third kappa shape index (κ3) is 2.97. The summed E-state index contributed by atoms with van der Waals surface area (Å²) in [5.74, 6) is -0.329. The van der Waals surface area contributed by atoms with E-state index in [1.165, 1.54) is 17.2 Å². The van der Waals surface area contributed by atoms with Crippen LogP contribution in [0.5, 0.6) is 0 Å². The quantitative estimate of drug-likeness (QED) is 0.713. The lowest BCUT2D eigenvalue weighted by molar-refractivity contribution is -0.0598. The summed E-state index contributed by atoms with van der Waals surface area (Å²) in [5, 5.41) is 19.1. The second-order valence-corrected chi connectivity index (χ2v) is 5.19. The first-order chi connectivity index (χ1) is 8.95. The van der Waals surface area contributed by atoms with Crippen molar-refractivity contribution in [3.63, 3.8) is 0 Å². The van der Waals surface area contributed by atoms with E-state index in [0.717, 1.165) is 0 Å². The van der Waals surface area contributed by atoms with E-state index >= 15 is 0 Å². The third-order valence-electron chi connectivity index (χ3n) is 3.24. The van der Waals surface area contributed by atoms with Crippen LogP contribution in [0.1, 0.15) is 23.2 Å². The van der Waals surface area contributed by atoms with Gasteiger partial charge in [0.2, 0.25) is 0 Å². The molecule has 3 N–H and O–H groups in total. The number of aliphatic hydroxyl groups excluding tert-OH is 1. The van der Waals surface area contributed by atoms with E-state index < -0.39 is 11.2 Å². The summed E-state index contributed by atoms with van der Waals surface area (Å²) >= 11 is 5.68. The summed E-state index contributed by atoms with van der Waals surface area (Å²) < 4.78 is 0. The van der Waals surface area contributed by atoms with E-state index in [4.69, 9.17) is 16.7 Å². The molecule has 1 fully saturated rings. The van der Waals surface area contributed by atoms with E-state index in [9.17, 15) is 14.7 Å². The van der Waals surface area contributed by atoms with Crippen molar-refractivity contribution in [2.45, 2.75) is 18.4 Å². The van der Waals surface area contributed by atoms with E-state index in [1.807, 2.05) is 0 Å². The number of rotatable bonds is 2. The summed E-state index contributed by atoms with van der Waals surface area (Å²) in [6.45, 7) is 0.181. The number of piperidine rings is 1. The Morgan fingerprint density at radius 2 is 2.32 bits per heavy atom. The van der Waals surface area contributed by atoms with Crippen molar-refractivity contribution in [1.29, 1.82) is 0 Å². The van der Waals surface area contributed by atoms with Crippen LogP contribution in [0.15, 0.2) is 17.1 Å². The van der Waals surface area contributed by atoms with Gasteiger partial charge >= 0.3 is 0 Å². The standard InChI is InChI=1S/C12H15ClN2O4/c13-9-4-8(5-14-10(9)17)11(18)15-3-1-2-12(19,6-15)7-16/h4-5,16,19H,1-3,6-7H2,(H,14,17)/t12-/m1/s1. The number of nitrogens with one attached hydrogen (secondary N) is 1. The number of amides is 1. The predicted octanol–water partition coefficient (Wildman–Crippen LogP) is -0.0123. The molecule has 7 heteroatoms. The average molecular weight is 287 g/mol. The molecule has 0 aliphatic carbocycles. The second kappa shape index (κ2) is 5.32. The summed E-state index contributed by atoms with van der Waals surface area (Å²) in [6.07, 6.45) is 2.36. The van der Waals surface area contributed by atoms with Gasteiger partial charge in [-0.1, -0.05) is 11.6 Å². The smallest absolute Gasteiger partial charge is 0.266 e. The molecule has 1 aromatic rings. The number of hydrogen-bond donors (Lipinski definition) is 3. The van der Waals surface area contributed by atoms with Crippen LogP contribution in [0.25, 0.3) is 0 Å². The molecule has 1 atom stereocenters. The maximum absolute atomic E-state index is 12.2. The first kappa shape index (κ1) is 14.0. The second-order valence-electron chi connectivity index (χ2n) is 4.78. The molecule has 19 heavy (non-hydrogen) atoms. The highest BCUT2D eigenvalue weighted by Crippen LogP contribution is 2.22. The Bertz CT molecular complexity index is 545. The topological polar surface area (TPSA) is 93.6 Å². The van der Waals surface area contributed by atoms with Crippen molar-refractivity contribution < 1.29 is 15.0 Å². The molecule has 0 aromatic carbocycles. The molecule has 0 bridgehead atoms. The minimum atomic E-state index is -1.25. The van der Waals surface area contributed by atoms with Crippen molar-refractivity contribution in [2.24, 2.45) is 0 Å². The summed E-state index contributed by atoms with van der Waals surface area (Å²) in [7, 11) is 0. The lowest BCUT2D eigenvalue weighted by atomic mass is 9.93. The van der Waals surface area contributed by atoms with Crippen LogP contribution in [0.4, 0.5) is 0 Å². The van der Waals surface area contributed by atoms with E-state index in [2.05, 4.69) is 4.98 Å². The number of pyridine rings is 1. The minimum absolute atomic E-state index is 0.0553. The molecule has 0 spiro atoms. The number of halogens is 1. The zero-order chi connectivity index (χ0) is 14.0. The monoisotopic (exact) mass is 286 g/mol. The fourth-order valence-electron chi connectivity index (χ4n) is 2.18. The molecule has 0 radical (unpaired) electrons. The molecule has 1 amide bonds. The maximum Gasteiger partial charge on any atom is 0.266 e. The summed E-state index contributed by atoms with van der Waals surface area (Å²) in [6, 6.07) is 1.30. The number of nitrogens with zero attached hydrogens (tertiary/aromatic N) is 1. The van der Waals surface area contributed by atoms with Crippen molar-refractivity contribution in [3.05, 3.63) is 33.2 Å². The van der Waals surface area contributed by atoms with E-state index in [1.54, 1.807) is 0 Å². The Morgan fingerprint density at radius 1 is 1.58 bits per heavy atom. The Balaban J connectivity index is 2.19. The van der Waals surface area contributed by atoms with Gasteiger partial charge in [0.25, 0.3) is 11.5 Å². The first-order valence-corrected chi connectivity index (χ1v) is 6.34. The van der Waals surface area contributed by atoms with Crippen LogP contribution >= 0.6 is 11.6 Å². The lowest BCUT2D eigenvalue weighted by Gasteiger charge is -2.38. The highest BCUT2D eigenvalue weighted by molar-refractivity contribution is 6.30. The lowest BCUT2D eigenvalue weighted by Crippen LogP contribution is -2.52. The highest BCUT2D eigenvalue weighted by atomic mass is 35.5. The average Bonchev–Trinajstić information content (AvgIpc) is 2.41. The number of hydrogen-bond acceptors (Lipinski definition) is 4. The number of H-pyrrole nitrogens is 1. The summed E-state index contributed by atoms with van der Waals surface area (Å²) in [4.78, 5) is 27.2. The number of aromatic amines is 1. The highest BCUT2D eigenvalue weighted by Gasteiger charge is 2.34. The molecule has 1 aromatic heterocycles. The molecular formula is C12H15ClN2O4. The molecule has 0 unspecified atom stereocenters. The number of carbonyl (C=O) groups is 1. The third-order valence-corrected chi connectivity index (χ3v) is 3.52. The fourth-order valence-corrected chi connectivity index (χ4v) is 2.35. The van der Waals surface area contributed by atoms with Crippen molar-refractivity contribution >= 4 is 17.5 Å². The van der Waals surface area contributed by atoms with Gasteiger partial charge in [0.1, 0.15) is 10.6 Å². The van der Waals surface area contributed by atoms with E-state index in [-0.39, 0.29) is 29.6 Å². The number of β-amino-alcohol motifs (C(OH)–C–C–N with tert-alkyl or cyclic N) is 1. The van der Waals surface area contributed by atoms with Crippen molar-refractivity contribution in [1.82, 2.24) is 9.88 Å². The molecule has 1 aliphatic heterocycles. The molecular weight excluding hydrogens is 272 g/mol. The Morgan fingerprint density at radius 3 is 2.95 bits per heavy atom. The van der Waals surface area contributed by atoms with Gasteiger partial charge in [0, 0.05) is 12.7 Å². The zero-order valence-electron chi connectivity index (χ0n) is 10.2. The Hall–Kier alpha value is -1.37. The van der Waals surface area contributed by atoms with Gasteiger partial charge in [-0.2, -0.15) is 0 Å². The fraction of sp³-hybridized carbons (Fsp3) is 0.500. The molecule has 1 aliphatic rings. The van der Waals surface area contributed by atoms with Crippen LogP contribution in [0.2, 0.25) is 5.02 Å². The van der Waals surface area contributed by atoms with E-state index in [0.29, 0.717) is 19.4 Å². The number of likely N-dealkylation sites (tertiary alicyclic amines) is 1. The first-order valence-electron chi connectivity index (χ1n) is 5.96. The van der Waals surface area contributed by atoms with Crippen LogP contribution in [-0.4, -0.2) is 51.3 Å². The largest absolute Gasteiger partial charge is 0.393 e. The molecule has 0 saturated carbocycles. The van der Waals surface area contributed by atoms with Crippen LogP contribution in [0.3, 0.4) is 0 Å². The maximum atomic E-state index is 12.2. The van der Waals surface area contributed by atoms with Crippen LogP contribution < -0.4 is 5.56 Å². The Labute approximate surface area is 114 Å². The normalized spacial score (nSPS) is 23.4. The van der Waals surface area contributed by atoms with Gasteiger partial charge in [-0.05, 0) is 18.9 Å². The molecule has 104 valence electrons. The van der Waals surface area contributed by atoms with Gasteiger partial charge in [0.05, 0.1) is 18.7 Å². The van der Waals surface area contributed by atoms with Gasteiger partial charge < -0.3 is 20.1 Å². The number of carbonyl (C=O) groups excluding carboxylic acids is 1. The zero-order valence-corrected chi connectivity index (χ0v) is 11.0. The minimum Gasteiger partial charge on any atom is -0.393 e. The molecule has 2 heterocycles. The van der Waals surface area contributed by atoms with Gasteiger partial charge in [-0.3, -0.25) is 9.59 Å². The SMILES string of the molecule is O=C(c1c[nH]c(=O)c(Cl)c1)N1CCC[C@](O)(CO)C1. The Kier molecular flexibility index (Phi) is 3.93.